The van der Waals surface area contributed by atoms with E-state index in [2.05, 4.69) is 23.4 Å². The van der Waals surface area contributed by atoms with E-state index in [1.807, 2.05) is 24.3 Å². The number of aromatic nitrogens is 1. The molecular formula is C16H23N3O2. The zero-order valence-electron chi connectivity index (χ0n) is 12.5. The summed E-state index contributed by atoms with van der Waals surface area (Å²) in [6.07, 6.45) is 2.24. The second-order valence-electron chi connectivity index (χ2n) is 4.85. The predicted octanol–water partition coefficient (Wildman–Crippen LogP) is 2.85. The summed E-state index contributed by atoms with van der Waals surface area (Å²) < 4.78 is 11.1. The summed E-state index contributed by atoms with van der Waals surface area (Å²) in [5.41, 5.74) is 4.50. The Balaban J connectivity index is 1.88. The first-order chi connectivity index (χ1) is 10.3. The van der Waals surface area contributed by atoms with E-state index < -0.39 is 0 Å². The van der Waals surface area contributed by atoms with Crippen molar-refractivity contribution in [2.45, 2.75) is 26.4 Å². The van der Waals surface area contributed by atoms with Crippen LogP contribution in [0.4, 0.5) is 5.82 Å². The SMILES string of the molecule is CCCCOCCOCc1cc2ccccc2nc1NN. The van der Waals surface area contributed by atoms with Gasteiger partial charge in [0, 0.05) is 17.6 Å². The molecule has 0 amide bonds. The molecule has 0 bridgehead atoms. The Bertz CT molecular complexity index is 560. The standard InChI is InChI=1S/C16H23N3O2/c1-2-3-8-20-9-10-21-12-14-11-13-6-4-5-7-15(13)18-16(14)19-17/h4-7,11H,2-3,8-10,12,17H2,1H3,(H,18,19). The molecule has 21 heavy (non-hydrogen) atoms. The van der Waals surface area contributed by atoms with Crippen LogP contribution in [0.2, 0.25) is 0 Å². The van der Waals surface area contributed by atoms with Gasteiger partial charge in [-0.2, -0.15) is 0 Å². The lowest BCUT2D eigenvalue weighted by Gasteiger charge is -2.11. The minimum Gasteiger partial charge on any atom is -0.379 e. The van der Waals surface area contributed by atoms with Crippen LogP contribution in [0.3, 0.4) is 0 Å². The maximum Gasteiger partial charge on any atom is 0.146 e. The smallest absolute Gasteiger partial charge is 0.146 e. The normalized spacial score (nSPS) is 11.0. The van der Waals surface area contributed by atoms with E-state index in [1.165, 1.54) is 0 Å². The zero-order valence-corrected chi connectivity index (χ0v) is 12.5. The van der Waals surface area contributed by atoms with Gasteiger partial charge < -0.3 is 14.9 Å². The second kappa shape index (κ2) is 8.56. The molecule has 0 spiro atoms. The molecule has 0 aliphatic carbocycles. The highest BCUT2D eigenvalue weighted by Gasteiger charge is 2.06. The van der Waals surface area contributed by atoms with Crippen LogP contribution < -0.4 is 11.3 Å². The third kappa shape index (κ3) is 4.67. The minimum absolute atomic E-state index is 0.467. The van der Waals surface area contributed by atoms with Crippen molar-refractivity contribution in [1.82, 2.24) is 4.98 Å². The van der Waals surface area contributed by atoms with Gasteiger partial charge in [-0.1, -0.05) is 31.5 Å². The first-order valence-corrected chi connectivity index (χ1v) is 7.36. The van der Waals surface area contributed by atoms with E-state index in [-0.39, 0.29) is 0 Å². The number of rotatable bonds is 9. The molecule has 114 valence electrons. The first-order valence-electron chi connectivity index (χ1n) is 7.36. The molecule has 1 aromatic heterocycles. The topological polar surface area (TPSA) is 69.4 Å². The Kier molecular flexibility index (Phi) is 6.40. The summed E-state index contributed by atoms with van der Waals surface area (Å²) >= 11 is 0. The molecule has 1 aromatic carbocycles. The first kappa shape index (κ1) is 15.7. The van der Waals surface area contributed by atoms with E-state index in [0.717, 1.165) is 35.9 Å². The van der Waals surface area contributed by atoms with Crippen LogP contribution in [-0.2, 0) is 16.1 Å². The van der Waals surface area contributed by atoms with Gasteiger partial charge in [-0.15, -0.1) is 0 Å². The van der Waals surface area contributed by atoms with Crippen LogP contribution in [0.15, 0.2) is 30.3 Å². The number of hydrogen-bond donors (Lipinski definition) is 2. The second-order valence-corrected chi connectivity index (χ2v) is 4.85. The number of hydrazine groups is 1. The van der Waals surface area contributed by atoms with E-state index in [1.54, 1.807) is 0 Å². The highest BCUT2D eigenvalue weighted by atomic mass is 16.5. The molecule has 1 heterocycles. The number of ether oxygens (including phenoxy) is 2. The van der Waals surface area contributed by atoms with Gasteiger partial charge in [0.1, 0.15) is 5.82 Å². The van der Waals surface area contributed by atoms with E-state index >= 15 is 0 Å². The van der Waals surface area contributed by atoms with Gasteiger partial charge in [-0.3, -0.25) is 0 Å². The number of nitrogens with one attached hydrogen (secondary N) is 1. The summed E-state index contributed by atoms with van der Waals surface area (Å²) in [6.45, 7) is 4.60. The molecule has 0 saturated carbocycles. The van der Waals surface area contributed by atoms with Crippen LogP contribution in [0, 0.1) is 0 Å². The van der Waals surface area contributed by atoms with Crippen LogP contribution in [0.25, 0.3) is 10.9 Å². The van der Waals surface area contributed by atoms with Crippen molar-refractivity contribution < 1.29 is 9.47 Å². The number of unbranched alkanes of at least 4 members (excludes halogenated alkanes) is 1. The van der Waals surface area contributed by atoms with Gasteiger partial charge in [-0.05, 0) is 18.6 Å². The van der Waals surface area contributed by atoms with Crippen molar-refractivity contribution in [3.8, 4) is 0 Å². The van der Waals surface area contributed by atoms with E-state index in [0.29, 0.717) is 25.6 Å². The molecule has 2 rings (SSSR count). The van der Waals surface area contributed by atoms with Crippen molar-refractivity contribution >= 4 is 16.7 Å². The molecule has 5 nitrogen and oxygen atoms in total. The number of anilines is 1. The van der Waals surface area contributed by atoms with Crippen molar-refractivity contribution in [2.75, 3.05) is 25.2 Å². The summed E-state index contributed by atoms with van der Waals surface area (Å²) in [5.74, 6) is 6.19. The highest BCUT2D eigenvalue weighted by molar-refractivity contribution is 5.81. The van der Waals surface area contributed by atoms with Crippen molar-refractivity contribution in [3.05, 3.63) is 35.9 Å². The number of nitrogen functional groups attached to an aromatic ring is 1. The van der Waals surface area contributed by atoms with Gasteiger partial charge in [0.05, 0.1) is 25.3 Å². The number of para-hydroxylation sites is 1. The Morgan fingerprint density at radius 2 is 1.95 bits per heavy atom. The maximum atomic E-state index is 5.63. The molecule has 0 atom stereocenters. The molecule has 0 aliphatic rings. The fourth-order valence-corrected chi connectivity index (χ4v) is 2.04. The zero-order chi connectivity index (χ0) is 14.9. The fourth-order valence-electron chi connectivity index (χ4n) is 2.04. The predicted molar refractivity (Wildman–Crippen MR) is 84.9 cm³/mol. The Morgan fingerprint density at radius 1 is 1.14 bits per heavy atom. The highest BCUT2D eigenvalue weighted by Crippen LogP contribution is 2.20. The summed E-state index contributed by atoms with van der Waals surface area (Å²) in [5, 5.41) is 1.08. The molecular weight excluding hydrogens is 266 g/mol. The summed E-state index contributed by atoms with van der Waals surface area (Å²) in [4.78, 5) is 4.49. The van der Waals surface area contributed by atoms with Crippen molar-refractivity contribution in [1.29, 1.82) is 0 Å². The molecule has 5 heteroatoms. The third-order valence-corrected chi connectivity index (χ3v) is 3.21. The van der Waals surface area contributed by atoms with Gasteiger partial charge >= 0.3 is 0 Å². The van der Waals surface area contributed by atoms with Crippen LogP contribution >= 0.6 is 0 Å². The number of hydrogen-bond acceptors (Lipinski definition) is 5. The maximum absolute atomic E-state index is 5.63. The Labute approximate surface area is 125 Å². The Hall–Kier alpha value is -1.69. The molecule has 0 fully saturated rings. The largest absolute Gasteiger partial charge is 0.379 e. The average molecular weight is 289 g/mol. The fraction of sp³-hybridized carbons (Fsp3) is 0.438. The summed E-state index contributed by atoms with van der Waals surface area (Å²) in [7, 11) is 0. The number of nitrogens with zero attached hydrogens (tertiary/aromatic N) is 1. The lowest BCUT2D eigenvalue weighted by Crippen LogP contribution is -2.12. The van der Waals surface area contributed by atoms with Crippen LogP contribution in [0.1, 0.15) is 25.3 Å². The lowest BCUT2D eigenvalue weighted by molar-refractivity contribution is 0.0398. The van der Waals surface area contributed by atoms with E-state index in [9.17, 15) is 0 Å². The third-order valence-electron chi connectivity index (χ3n) is 3.21. The number of pyridine rings is 1. The number of fused-ring (bicyclic) bond motifs is 1. The average Bonchev–Trinajstić information content (AvgIpc) is 2.53. The Morgan fingerprint density at radius 3 is 2.76 bits per heavy atom. The monoisotopic (exact) mass is 289 g/mol. The van der Waals surface area contributed by atoms with Crippen LogP contribution in [-0.4, -0.2) is 24.8 Å². The number of benzene rings is 1. The van der Waals surface area contributed by atoms with Crippen molar-refractivity contribution in [2.24, 2.45) is 5.84 Å². The number of nitrogens with two attached hydrogens (primary N) is 1. The van der Waals surface area contributed by atoms with Crippen molar-refractivity contribution in [3.63, 3.8) is 0 Å². The van der Waals surface area contributed by atoms with E-state index in [4.69, 9.17) is 15.3 Å². The van der Waals surface area contributed by atoms with Gasteiger partial charge in [-0.25, -0.2) is 10.8 Å². The van der Waals surface area contributed by atoms with Gasteiger partial charge in [0.2, 0.25) is 0 Å². The molecule has 2 aromatic rings. The van der Waals surface area contributed by atoms with Gasteiger partial charge in [0.25, 0.3) is 0 Å². The quantitative estimate of drug-likeness (QED) is 0.422. The lowest BCUT2D eigenvalue weighted by atomic mass is 10.1. The molecule has 3 N–H and O–H groups in total. The summed E-state index contributed by atoms with van der Waals surface area (Å²) in [6, 6.07) is 9.99. The molecule has 0 saturated heterocycles. The van der Waals surface area contributed by atoms with Crippen LogP contribution in [0.5, 0.6) is 0 Å². The minimum atomic E-state index is 0.467. The molecule has 0 unspecified atom stereocenters. The molecule has 0 aliphatic heterocycles. The molecule has 0 radical (unpaired) electrons. The van der Waals surface area contributed by atoms with Gasteiger partial charge in [0.15, 0.2) is 0 Å².